The standard InChI is InChI=1S/C14H18ClN3OS/c1-10-8-19-6-5-18(10)12-7-13(15)16-14-11(12)3-4-17(14)9-20-2/h3-4,7,10H,5-6,8-9H2,1-2H3/t10-/m1/s1. The summed E-state index contributed by atoms with van der Waals surface area (Å²) in [4.78, 5) is 6.86. The van der Waals surface area contributed by atoms with Gasteiger partial charge in [-0.2, -0.15) is 0 Å². The number of halogens is 1. The molecule has 1 aliphatic rings. The Labute approximate surface area is 128 Å². The van der Waals surface area contributed by atoms with Gasteiger partial charge in [-0.3, -0.25) is 0 Å². The Hall–Kier alpha value is -0.910. The highest BCUT2D eigenvalue weighted by atomic mass is 35.5. The van der Waals surface area contributed by atoms with Gasteiger partial charge in [0.15, 0.2) is 0 Å². The van der Waals surface area contributed by atoms with Gasteiger partial charge in [-0.1, -0.05) is 11.6 Å². The molecule has 3 rings (SSSR count). The lowest BCUT2D eigenvalue weighted by atomic mass is 10.2. The van der Waals surface area contributed by atoms with Crippen LogP contribution < -0.4 is 4.90 Å². The first kappa shape index (κ1) is 14.0. The molecule has 0 saturated carbocycles. The SMILES string of the molecule is CSCn1ccc2c(N3CCOC[C@H]3C)cc(Cl)nc21. The molecule has 0 aliphatic carbocycles. The fraction of sp³-hybridized carbons (Fsp3) is 0.500. The molecule has 2 aromatic rings. The Kier molecular flexibility index (Phi) is 4.10. The lowest BCUT2D eigenvalue weighted by molar-refractivity contribution is 0.0991. The second kappa shape index (κ2) is 5.84. The van der Waals surface area contributed by atoms with Gasteiger partial charge in [0.2, 0.25) is 0 Å². The molecule has 0 radical (unpaired) electrons. The Morgan fingerprint density at radius 3 is 3.15 bits per heavy atom. The van der Waals surface area contributed by atoms with E-state index >= 15 is 0 Å². The third kappa shape index (κ3) is 2.50. The maximum atomic E-state index is 6.23. The van der Waals surface area contributed by atoms with Crippen molar-refractivity contribution < 1.29 is 4.74 Å². The van der Waals surface area contributed by atoms with E-state index in [1.165, 1.54) is 0 Å². The highest BCUT2D eigenvalue weighted by Crippen LogP contribution is 2.32. The van der Waals surface area contributed by atoms with Crippen LogP contribution in [-0.2, 0) is 10.6 Å². The van der Waals surface area contributed by atoms with E-state index in [2.05, 4.69) is 39.9 Å². The van der Waals surface area contributed by atoms with Crippen molar-refractivity contribution in [1.82, 2.24) is 9.55 Å². The molecule has 4 nitrogen and oxygen atoms in total. The van der Waals surface area contributed by atoms with Gasteiger partial charge in [0, 0.05) is 24.2 Å². The zero-order valence-corrected chi connectivity index (χ0v) is 13.2. The molecule has 0 unspecified atom stereocenters. The number of morpholine rings is 1. The van der Waals surface area contributed by atoms with Gasteiger partial charge in [-0.25, -0.2) is 4.98 Å². The van der Waals surface area contributed by atoms with Crippen molar-refractivity contribution in [3.05, 3.63) is 23.5 Å². The average Bonchev–Trinajstić information content (AvgIpc) is 2.82. The number of fused-ring (bicyclic) bond motifs is 1. The van der Waals surface area contributed by atoms with E-state index in [4.69, 9.17) is 16.3 Å². The number of ether oxygens (including phenoxy) is 1. The highest BCUT2D eigenvalue weighted by molar-refractivity contribution is 7.97. The molecule has 1 aliphatic heterocycles. The molecule has 0 N–H and O–H groups in total. The zero-order valence-electron chi connectivity index (χ0n) is 11.7. The smallest absolute Gasteiger partial charge is 0.144 e. The van der Waals surface area contributed by atoms with Crippen molar-refractivity contribution in [1.29, 1.82) is 0 Å². The van der Waals surface area contributed by atoms with E-state index in [9.17, 15) is 0 Å². The van der Waals surface area contributed by atoms with Gasteiger partial charge in [0.05, 0.1) is 24.8 Å². The van der Waals surface area contributed by atoms with E-state index in [-0.39, 0.29) is 0 Å². The summed E-state index contributed by atoms with van der Waals surface area (Å²) in [5.41, 5.74) is 2.12. The predicted octanol–water partition coefficient (Wildman–Crippen LogP) is 3.24. The Morgan fingerprint density at radius 2 is 2.40 bits per heavy atom. The van der Waals surface area contributed by atoms with Gasteiger partial charge < -0.3 is 14.2 Å². The first-order valence-corrected chi connectivity index (χ1v) is 8.46. The summed E-state index contributed by atoms with van der Waals surface area (Å²) >= 11 is 8.00. The van der Waals surface area contributed by atoms with Crippen molar-refractivity contribution >= 4 is 40.1 Å². The van der Waals surface area contributed by atoms with Gasteiger partial charge in [-0.15, -0.1) is 11.8 Å². The minimum atomic E-state index is 0.356. The number of hydrogen-bond donors (Lipinski definition) is 0. The van der Waals surface area contributed by atoms with Gasteiger partial charge in [0.25, 0.3) is 0 Å². The molecular weight excluding hydrogens is 294 g/mol. The third-order valence-electron chi connectivity index (χ3n) is 3.62. The summed E-state index contributed by atoms with van der Waals surface area (Å²) in [7, 11) is 0. The van der Waals surface area contributed by atoms with Crippen LogP contribution in [0.1, 0.15) is 6.92 Å². The molecule has 3 heterocycles. The number of aromatic nitrogens is 2. The summed E-state index contributed by atoms with van der Waals surface area (Å²) in [5, 5.41) is 1.71. The van der Waals surface area contributed by atoms with Crippen LogP contribution in [0.2, 0.25) is 5.15 Å². The van der Waals surface area contributed by atoms with Crippen LogP contribution in [0.15, 0.2) is 18.3 Å². The molecule has 1 saturated heterocycles. The molecule has 6 heteroatoms. The van der Waals surface area contributed by atoms with E-state index in [1.54, 1.807) is 11.8 Å². The molecule has 0 amide bonds. The van der Waals surface area contributed by atoms with E-state index in [0.717, 1.165) is 42.4 Å². The number of anilines is 1. The van der Waals surface area contributed by atoms with Crippen molar-refractivity contribution in [2.45, 2.75) is 18.8 Å². The van der Waals surface area contributed by atoms with Crippen LogP contribution in [0.4, 0.5) is 5.69 Å². The first-order valence-electron chi connectivity index (χ1n) is 6.69. The van der Waals surface area contributed by atoms with Crippen molar-refractivity contribution in [3.63, 3.8) is 0 Å². The summed E-state index contributed by atoms with van der Waals surface area (Å²) < 4.78 is 7.66. The van der Waals surface area contributed by atoms with E-state index in [0.29, 0.717) is 11.2 Å². The van der Waals surface area contributed by atoms with Gasteiger partial charge in [-0.05, 0) is 25.3 Å². The van der Waals surface area contributed by atoms with Gasteiger partial charge in [0.1, 0.15) is 10.8 Å². The third-order valence-corrected chi connectivity index (χ3v) is 4.35. The quantitative estimate of drug-likeness (QED) is 0.814. The number of hydrogen-bond acceptors (Lipinski definition) is 4. The minimum Gasteiger partial charge on any atom is -0.377 e. The normalized spacial score (nSPS) is 19.8. The Morgan fingerprint density at radius 1 is 1.55 bits per heavy atom. The summed E-state index contributed by atoms with van der Waals surface area (Å²) in [6.45, 7) is 4.59. The van der Waals surface area contributed by atoms with Crippen LogP contribution in [0, 0.1) is 0 Å². The fourth-order valence-electron chi connectivity index (χ4n) is 2.68. The van der Waals surface area contributed by atoms with Crippen LogP contribution in [0.5, 0.6) is 0 Å². The predicted molar refractivity (Wildman–Crippen MR) is 85.9 cm³/mol. The lowest BCUT2D eigenvalue weighted by Crippen LogP contribution is -2.43. The second-order valence-corrected chi connectivity index (χ2v) is 6.24. The number of nitrogens with zero attached hydrogens (tertiary/aromatic N) is 3. The number of rotatable bonds is 3. The van der Waals surface area contributed by atoms with Crippen LogP contribution >= 0.6 is 23.4 Å². The molecule has 2 aromatic heterocycles. The summed E-state index contributed by atoms with van der Waals surface area (Å²) in [6.07, 6.45) is 4.17. The summed E-state index contributed by atoms with van der Waals surface area (Å²) in [6, 6.07) is 4.45. The average molecular weight is 312 g/mol. The maximum absolute atomic E-state index is 6.23. The second-order valence-electron chi connectivity index (χ2n) is 5.02. The maximum Gasteiger partial charge on any atom is 0.144 e. The van der Waals surface area contributed by atoms with E-state index < -0.39 is 0 Å². The van der Waals surface area contributed by atoms with Crippen molar-refractivity contribution in [3.8, 4) is 0 Å². The van der Waals surface area contributed by atoms with Crippen molar-refractivity contribution in [2.75, 3.05) is 30.9 Å². The van der Waals surface area contributed by atoms with Crippen LogP contribution in [0.3, 0.4) is 0 Å². The Balaban J connectivity index is 2.10. The molecule has 0 aromatic carbocycles. The Bertz CT molecular complexity index is 616. The highest BCUT2D eigenvalue weighted by Gasteiger charge is 2.22. The van der Waals surface area contributed by atoms with Gasteiger partial charge >= 0.3 is 0 Å². The summed E-state index contributed by atoms with van der Waals surface area (Å²) in [5.74, 6) is 0.884. The monoisotopic (exact) mass is 311 g/mol. The molecule has 0 bridgehead atoms. The van der Waals surface area contributed by atoms with Crippen LogP contribution in [-0.4, -0.2) is 41.6 Å². The zero-order chi connectivity index (χ0) is 14.1. The molecule has 20 heavy (non-hydrogen) atoms. The molecule has 108 valence electrons. The largest absolute Gasteiger partial charge is 0.377 e. The number of pyridine rings is 1. The topological polar surface area (TPSA) is 30.3 Å². The van der Waals surface area contributed by atoms with Crippen molar-refractivity contribution in [2.24, 2.45) is 0 Å². The fourth-order valence-corrected chi connectivity index (χ4v) is 3.35. The molecule has 1 fully saturated rings. The number of thioether (sulfide) groups is 1. The van der Waals surface area contributed by atoms with E-state index in [1.807, 2.05) is 6.07 Å². The van der Waals surface area contributed by atoms with Crippen LogP contribution in [0.25, 0.3) is 11.0 Å². The first-order chi connectivity index (χ1) is 9.70. The molecular formula is C14H18ClN3OS. The lowest BCUT2D eigenvalue weighted by Gasteiger charge is -2.35. The minimum absolute atomic E-state index is 0.356. The molecule has 1 atom stereocenters. The molecule has 0 spiro atoms.